The number of fused-ring (bicyclic) bond motifs is 1. The third-order valence-electron chi connectivity index (χ3n) is 6.40. The van der Waals surface area contributed by atoms with E-state index in [-0.39, 0.29) is 21.2 Å². The number of halogens is 2. The average molecular weight is 516 g/mol. The van der Waals surface area contributed by atoms with Crippen molar-refractivity contribution in [2.45, 2.75) is 58.5 Å². The molecule has 34 heavy (non-hydrogen) atoms. The number of thiocarbonyl (C=S) groups is 1. The van der Waals surface area contributed by atoms with Gasteiger partial charge < -0.3 is 4.90 Å². The Bertz CT molecular complexity index is 1240. The number of rotatable bonds is 3. The van der Waals surface area contributed by atoms with Gasteiger partial charge in [0.1, 0.15) is 5.57 Å². The minimum Gasteiger partial charge on any atom is -0.364 e. The molecule has 0 aromatic heterocycles. The second-order valence-corrected chi connectivity index (χ2v) is 10.9. The Kier molecular flexibility index (Phi) is 6.53. The van der Waals surface area contributed by atoms with E-state index in [1.807, 2.05) is 6.07 Å². The fourth-order valence-corrected chi connectivity index (χ4v) is 5.90. The standard InChI is InChI=1S/C26H27Cl2N3O2S/c1-14(2)31-20-10-9-16(11-17(20)15(3)13-26(31,4)5)12-18-23(32)29-25(34)30(24(18)33)21-8-6-7-19(27)22(21)28/h6-12,14-15H,13H2,1-5H3,(H,29,32,34)/b18-12+/t15-/m1/s1. The molecule has 0 radical (unpaired) electrons. The maximum Gasteiger partial charge on any atom is 0.270 e. The predicted molar refractivity (Wildman–Crippen MR) is 144 cm³/mol. The summed E-state index contributed by atoms with van der Waals surface area (Å²) in [5.41, 5.74) is 3.51. The Labute approximate surface area is 215 Å². The third kappa shape index (κ3) is 4.23. The van der Waals surface area contributed by atoms with Crippen LogP contribution in [0.1, 0.15) is 58.1 Å². The van der Waals surface area contributed by atoms with Gasteiger partial charge in [0, 0.05) is 17.3 Å². The topological polar surface area (TPSA) is 52.7 Å². The van der Waals surface area contributed by atoms with Crippen LogP contribution in [0.15, 0.2) is 42.0 Å². The molecule has 0 bridgehead atoms. The van der Waals surface area contributed by atoms with Gasteiger partial charge in [0.2, 0.25) is 0 Å². The van der Waals surface area contributed by atoms with Crippen LogP contribution in [-0.4, -0.2) is 28.5 Å². The molecule has 0 unspecified atom stereocenters. The zero-order valence-electron chi connectivity index (χ0n) is 19.8. The number of hydrogen-bond acceptors (Lipinski definition) is 4. The molecule has 0 aliphatic carbocycles. The van der Waals surface area contributed by atoms with Crippen LogP contribution < -0.4 is 15.1 Å². The highest BCUT2D eigenvalue weighted by Gasteiger charge is 2.38. The number of amides is 2. The van der Waals surface area contributed by atoms with Gasteiger partial charge in [0.15, 0.2) is 5.11 Å². The monoisotopic (exact) mass is 515 g/mol. The van der Waals surface area contributed by atoms with Crippen molar-refractivity contribution in [1.29, 1.82) is 0 Å². The van der Waals surface area contributed by atoms with Crippen molar-refractivity contribution < 1.29 is 9.59 Å². The molecule has 1 fully saturated rings. The van der Waals surface area contributed by atoms with Crippen LogP contribution in [0, 0.1) is 0 Å². The van der Waals surface area contributed by atoms with Crippen molar-refractivity contribution in [1.82, 2.24) is 5.32 Å². The van der Waals surface area contributed by atoms with E-state index in [1.54, 1.807) is 24.3 Å². The molecular formula is C26H27Cl2N3O2S. The minimum absolute atomic E-state index is 0.0194. The first-order valence-electron chi connectivity index (χ1n) is 11.2. The Hall–Kier alpha value is -2.41. The van der Waals surface area contributed by atoms with Crippen LogP contribution in [0.2, 0.25) is 10.0 Å². The average Bonchev–Trinajstić information content (AvgIpc) is 2.73. The highest BCUT2D eigenvalue weighted by molar-refractivity contribution is 7.80. The van der Waals surface area contributed by atoms with Gasteiger partial charge in [-0.3, -0.25) is 19.8 Å². The van der Waals surface area contributed by atoms with Gasteiger partial charge in [-0.25, -0.2) is 0 Å². The molecule has 2 heterocycles. The lowest BCUT2D eigenvalue weighted by atomic mass is 9.78. The Morgan fingerprint density at radius 3 is 2.53 bits per heavy atom. The molecule has 8 heteroatoms. The van der Waals surface area contributed by atoms with Crippen molar-refractivity contribution in [3.8, 4) is 0 Å². The van der Waals surface area contributed by atoms with Crippen LogP contribution in [0.3, 0.4) is 0 Å². The fraction of sp³-hybridized carbons (Fsp3) is 0.346. The Morgan fingerprint density at radius 1 is 1.15 bits per heavy atom. The summed E-state index contributed by atoms with van der Waals surface area (Å²) in [6.07, 6.45) is 2.62. The molecule has 0 saturated carbocycles. The molecule has 2 aliphatic rings. The molecular weight excluding hydrogens is 489 g/mol. The summed E-state index contributed by atoms with van der Waals surface area (Å²) >= 11 is 17.8. The van der Waals surface area contributed by atoms with Gasteiger partial charge in [0.25, 0.3) is 11.8 Å². The summed E-state index contributed by atoms with van der Waals surface area (Å²) in [5.74, 6) is -0.752. The van der Waals surface area contributed by atoms with E-state index < -0.39 is 11.8 Å². The molecule has 4 rings (SSSR count). The Balaban J connectivity index is 1.76. The molecule has 178 valence electrons. The van der Waals surface area contributed by atoms with Gasteiger partial charge in [-0.15, -0.1) is 0 Å². The normalized spacial score (nSPS) is 21.2. The van der Waals surface area contributed by atoms with E-state index in [0.29, 0.717) is 22.7 Å². The van der Waals surface area contributed by atoms with E-state index >= 15 is 0 Å². The zero-order valence-corrected chi connectivity index (χ0v) is 22.1. The summed E-state index contributed by atoms with van der Waals surface area (Å²) in [6.45, 7) is 11.1. The van der Waals surface area contributed by atoms with E-state index in [1.165, 1.54) is 16.2 Å². The largest absolute Gasteiger partial charge is 0.364 e. The van der Waals surface area contributed by atoms with E-state index in [0.717, 1.165) is 12.0 Å². The lowest BCUT2D eigenvalue weighted by Crippen LogP contribution is -2.54. The van der Waals surface area contributed by atoms with Gasteiger partial charge in [-0.2, -0.15) is 0 Å². The van der Waals surface area contributed by atoms with Gasteiger partial charge in [-0.1, -0.05) is 42.3 Å². The van der Waals surface area contributed by atoms with Crippen LogP contribution in [-0.2, 0) is 9.59 Å². The van der Waals surface area contributed by atoms with Crippen LogP contribution >= 0.6 is 35.4 Å². The van der Waals surface area contributed by atoms with E-state index in [4.69, 9.17) is 35.4 Å². The van der Waals surface area contributed by atoms with Crippen molar-refractivity contribution in [3.63, 3.8) is 0 Å². The second-order valence-electron chi connectivity index (χ2n) is 9.73. The molecule has 1 N–H and O–H groups in total. The van der Waals surface area contributed by atoms with E-state index in [2.05, 4.69) is 57.0 Å². The van der Waals surface area contributed by atoms with Crippen LogP contribution in [0.5, 0.6) is 0 Å². The third-order valence-corrected chi connectivity index (χ3v) is 7.49. The molecule has 2 amide bonds. The van der Waals surface area contributed by atoms with Gasteiger partial charge in [-0.05, 0) is 93.7 Å². The summed E-state index contributed by atoms with van der Waals surface area (Å²) in [6, 6.07) is 11.4. The van der Waals surface area contributed by atoms with Crippen molar-refractivity contribution in [2.24, 2.45) is 0 Å². The number of carbonyl (C=O) groups is 2. The maximum atomic E-state index is 13.4. The minimum atomic E-state index is -0.548. The molecule has 1 saturated heterocycles. The second kappa shape index (κ2) is 8.99. The molecule has 5 nitrogen and oxygen atoms in total. The summed E-state index contributed by atoms with van der Waals surface area (Å²) < 4.78 is 0. The molecule has 0 spiro atoms. The smallest absolute Gasteiger partial charge is 0.270 e. The van der Waals surface area contributed by atoms with Crippen LogP contribution in [0.25, 0.3) is 6.08 Å². The van der Waals surface area contributed by atoms with Crippen molar-refractivity contribution >= 4 is 69.8 Å². The first-order chi connectivity index (χ1) is 15.9. The Morgan fingerprint density at radius 2 is 1.85 bits per heavy atom. The number of benzene rings is 2. The summed E-state index contributed by atoms with van der Waals surface area (Å²) in [4.78, 5) is 29.8. The number of nitrogens with zero attached hydrogens (tertiary/aromatic N) is 2. The van der Waals surface area contributed by atoms with E-state index in [9.17, 15) is 9.59 Å². The first-order valence-corrected chi connectivity index (χ1v) is 12.4. The fourth-order valence-electron chi connectivity index (χ4n) is 5.25. The SMILES string of the molecule is CC(C)N1c2ccc(/C=C3\C(=O)NC(=S)N(c4cccc(Cl)c4Cl)C3=O)cc2[C@H](C)CC1(C)C. The molecule has 2 aromatic carbocycles. The van der Waals surface area contributed by atoms with Gasteiger partial charge in [0.05, 0.1) is 15.7 Å². The summed E-state index contributed by atoms with van der Waals surface area (Å²) in [7, 11) is 0. The molecule has 1 atom stereocenters. The van der Waals surface area contributed by atoms with Crippen molar-refractivity contribution in [3.05, 3.63) is 63.1 Å². The van der Waals surface area contributed by atoms with Crippen LogP contribution in [0.4, 0.5) is 11.4 Å². The highest BCUT2D eigenvalue weighted by atomic mass is 35.5. The van der Waals surface area contributed by atoms with Crippen molar-refractivity contribution in [2.75, 3.05) is 9.80 Å². The number of anilines is 2. The molecule has 2 aliphatic heterocycles. The first kappa shape index (κ1) is 24.7. The van der Waals surface area contributed by atoms with Gasteiger partial charge >= 0.3 is 0 Å². The molecule has 2 aromatic rings. The lowest BCUT2D eigenvalue weighted by molar-refractivity contribution is -0.122. The number of hydrogen-bond donors (Lipinski definition) is 1. The lowest BCUT2D eigenvalue weighted by Gasteiger charge is -2.50. The maximum absolute atomic E-state index is 13.4. The number of nitrogens with one attached hydrogen (secondary N) is 1. The highest BCUT2D eigenvalue weighted by Crippen LogP contribution is 2.45. The zero-order chi connectivity index (χ0) is 24.9. The summed E-state index contributed by atoms with van der Waals surface area (Å²) in [5, 5.41) is 3.04. The number of carbonyl (C=O) groups excluding carboxylic acids is 2. The predicted octanol–water partition coefficient (Wildman–Crippen LogP) is 6.33. The quantitative estimate of drug-likeness (QED) is 0.295.